The molecule has 6 rings (SSSR count). The van der Waals surface area contributed by atoms with E-state index >= 15 is 0 Å². The Morgan fingerprint density at radius 1 is 0.941 bits per heavy atom. The molecule has 2 heterocycles. The van der Waals surface area contributed by atoms with Gasteiger partial charge in [-0.05, 0) is 55.9 Å². The molecule has 1 N–H and O–H groups in total. The second-order valence-electron chi connectivity index (χ2n) is 12.8. The lowest BCUT2D eigenvalue weighted by Gasteiger charge is -2.54. The summed E-state index contributed by atoms with van der Waals surface area (Å²) in [6, 6.07) is 0. The van der Waals surface area contributed by atoms with E-state index in [1.807, 2.05) is 6.08 Å². The van der Waals surface area contributed by atoms with Crippen LogP contribution in [0.1, 0.15) is 72.1 Å². The van der Waals surface area contributed by atoms with Gasteiger partial charge in [-0.15, -0.1) is 0 Å². The molecular weight excluding hydrogens is 459 g/mol. The molecule has 0 aromatic carbocycles. The Hall–Kier alpha value is -0.770. The van der Waals surface area contributed by atoms with Crippen LogP contribution >= 0.6 is 0 Å². The standard InChI is InChI=1S/C25H33F5O4/c1-18(2)13-32-21(33-14-18)10-11-22-17-5-7-19(3)16(15(17)4-8-20(22,12-21)34-22)6-9-23(19,31)24(26,27)25(28,29)30/h5,15-16,31H,4,6-14H2,1-3H3/t15-,16-,19?,20+,22+,23-/m0/s1. The number of halogens is 5. The van der Waals surface area contributed by atoms with Crippen molar-refractivity contribution >= 4 is 0 Å². The Morgan fingerprint density at radius 2 is 1.62 bits per heavy atom. The number of epoxide rings is 1. The normalized spacial score (nSPS) is 48.9. The Labute approximate surface area is 196 Å². The van der Waals surface area contributed by atoms with Gasteiger partial charge in [0.25, 0.3) is 0 Å². The van der Waals surface area contributed by atoms with E-state index in [0.717, 1.165) is 5.57 Å². The molecule has 1 unspecified atom stereocenters. The van der Waals surface area contributed by atoms with Crippen molar-refractivity contribution in [2.24, 2.45) is 22.7 Å². The van der Waals surface area contributed by atoms with E-state index < -0.39 is 52.4 Å². The number of fused-ring (bicyclic) bond motifs is 3. The van der Waals surface area contributed by atoms with E-state index in [2.05, 4.69) is 13.8 Å². The summed E-state index contributed by atoms with van der Waals surface area (Å²) >= 11 is 0. The van der Waals surface area contributed by atoms with Crippen molar-refractivity contribution in [3.63, 3.8) is 0 Å². The fraction of sp³-hybridized carbons (Fsp3) is 0.920. The van der Waals surface area contributed by atoms with Crippen molar-refractivity contribution in [3.05, 3.63) is 11.6 Å². The van der Waals surface area contributed by atoms with Crippen LogP contribution in [0, 0.1) is 22.7 Å². The third-order valence-electron chi connectivity index (χ3n) is 10.3. The highest BCUT2D eigenvalue weighted by Gasteiger charge is 2.82. The molecule has 0 bridgehead atoms. The number of ether oxygens (including phenoxy) is 3. The maximum atomic E-state index is 14.6. The molecule has 34 heavy (non-hydrogen) atoms. The molecule has 192 valence electrons. The van der Waals surface area contributed by atoms with Crippen molar-refractivity contribution < 1.29 is 41.3 Å². The van der Waals surface area contributed by atoms with Crippen LogP contribution in [0.5, 0.6) is 0 Å². The SMILES string of the molecule is CC1(C)COC2(CC[C@]34O[C@]3(CC[C@@H]3C4=CCC4(C)[C@H]3CC[C@@]4(O)C(F)(F)C(F)(F)F)C2)OC1. The molecule has 5 fully saturated rings. The average Bonchev–Trinajstić information content (AvgIpc) is 3.35. The highest BCUT2D eigenvalue weighted by Crippen LogP contribution is 2.75. The third kappa shape index (κ3) is 2.63. The molecule has 1 spiro atoms. The second-order valence-corrected chi connectivity index (χ2v) is 12.8. The van der Waals surface area contributed by atoms with E-state index in [9.17, 15) is 27.1 Å². The Bertz CT molecular complexity index is 936. The molecule has 0 aromatic heterocycles. The largest absolute Gasteiger partial charge is 0.456 e. The van der Waals surface area contributed by atoms with Gasteiger partial charge >= 0.3 is 12.1 Å². The van der Waals surface area contributed by atoms with Crippen molar-refractivity contribution in [1.82, 2.24) is 0 Å². The number of allylic oxidation sites excluding steroid dienone is 1. The first-order valence-corrected chi connectivity index (χ1v) is 12.4. The molecule has 2 aliphatic heterocycles. The molecular formula is C25H33F5O4. The van der Waals surface area contributed by atoms with Gasteiger partial charge in [0.2, 0.25) is 0 Å². The van der Waals surface area contributed by atoms with Crippen LogP contribution in [-0.2, 0) is 14.2 Å². The minimum absolute atomic E-state index is 0.0147. The summed E-state index contributed by atoms with van der Waals surface area (Å²) in [6.07, 6.45) is -1.11. The predicted molar refractivity (Wildman–Crippen MR) is 111 cm³/mol. The van der Waals surface area contributed by atoms with Gasteiger partial charge in [-0.25, -0.2) is 0 Å². The van der Waals surface area contributed by atoms with Crippen molar-refractivity contribution in [3.8, 4) is 0 Å². The molecule has 0 radical (unpaired) electrons. The maximum Gasteiger partial charge on any atom is 0.456 e. The summed E-state index contributed by atoms with van der Waals surface area (Å²) < 4.78 is 88.2. The van der Waals surface area contributed by atoms with E-state index in [-0.39, 0.29) is 24.2 Å². The lowest BCUT2D eigenvalue weighted by Crippen LogP contribution is -2.65. The highest BCUT2D eigenvalue weighted by molar-refractivity contribution is 5.44. The smallest absolute Gasteiger partial charge is 0.383 e. The highest BCUT2D eigenvalue weighted by atomic mass is 19.4. The van der Waals surface area contributed by atoms with E-state index in [1.165, 1.54) is 6.92 Å². The molecule has 6 aliphatic rings. The number of rotatable bonds is 1. The predicted octanol–water partition coefficient (Wildman–Crippen LogP) is 5.53. The molecule has 2 saturated heterocycles. The topological polar surface area (TPSA) is 51.2 Å². The van der Waals surface area contributed by atoms with Crippen molar-refractivity contribution in [1.29, 1.82) is 0 Å². The molecule has 0 amide bonds. The first-order valence-electron chi connectivity index (χ1n) is 12.4. The van der Waals surface area contributed by atoms with Crippen LogP contribution in [0.25, 0.3) is 0 Å². The van der Waals surface area contributed by atoms with Crippen molar-refractivity contribution in [2.75, 3.05) is 13.2 Å². The van der Waals surface area contributed by atoms with Gasteiger partial charge in [0.1, 0.15) is 16.8 Å². The molecule has 0 aromatic rings. The molecule has 4 nitrogen and oxygen atoms in total. The van der Waals surface area contributed by atoms with E-state index in [0.29, 0.717) is 45.3 Å². The fourth-order valence-electron chi connectivity index (χ4n) is 8.34. The Kier molecular flexibility index (Phi) is 4.43. The Morgan fingerprint density at radius 3 is 2.26 bits per heavy atom. The van der Waals surface area contributed by atoms with Gasteiger partial charge in [-0.2, -0.15) is 22.0 Å². The summed E-state index contributed by atoms with van der Waals surface area (Å²) in [5.74, 6) is -6.44. The van der Waals surface area contributed by atoms with Crippen LogP contribution < -0.4 is 0 Å². The van der Waals surface area contributed by atoms with Gasteiger partial charge in [-0.1, -0.05) is 26.8 Å². The van der Waals surface area contributed by atoms with Crippen LogP contribution in [0.2, 0.25) is 0 Å². The summed E-state index contributed by atoms with van der Waals surface area (Å²) in [5.41, 5.74) is -4.60. The fourth-order valence-corrected chi connectivity index (χ4v) is 8.34. The van der Waals surface area contributed by atoms with Crippen LogP contribution in [0.3, 0.4) is 0 Å². The van der Waals surface area contributed by atoms with Crippen LogP contribution in [0.15, 0.2) is 11.6 Å². The van der Waals surface area contributed by atoms with E-state index in [4.69, 9.17) is 14.2 Å². The minimum atomic E-state index is -5.80. The lowest BCUT2D eigenvalue weighted by atomic mass is 9.52. The zero-order chi connectivity index (χ0) is 24.6. The molecule has 4 aliphatic carbocycles. The zero-order valence-electron chi connectivity index (χ0n) is 19.9. The Balaban J connectivity index is 1.29. The minimum Gasteiger partial charge on any atom is -0.383 e. The summed E-state index contributed by atoms with van der Waals surface area (Å²) in [6.45, 7) is 6.83. The van der Waals surface area contributed by atoms with Crippen molar-refractivity contribution in [2.45, 2.75) is 107 Å². The van der Waals surface area contributed by atoms with E-state index in [1.54, 1.807) is 0 Å². The summed E-state index contributed by atoms with van der Waals surface area (Å²) in [4.78, 5) is 0. The van der Waals surface area contributed by atoms with Gasteiger partial charge in [0.05, 0.1) is 13.2 Å². The number of hydrogen-bond acceptors (Lipinski definition) is 4. The van der Waals surface area contributed by atoms with Crippen LogP contribution in [0.4, 0.5) is 22.0 Å². The number of aliphatic hydroxyl groups is 1. The first kappa shape index (κ1) is 23.6. The average molecular weight is 493 g/mol. The first-order chi connectivity index (χ1) is 15.6. The van der Waals surface area contributed by atoms with Gasteiger partial charge in [-0.3, -0.25) is 0 Å². The second kappa shape index (κ2) is 6.37. The third-order valence-corrected chi connectivity index (χ3v) is 10.3. The quantitative estimate of drug-likeness (QED) is 0.297. The summed E-state index contributed by atoms with van der Waals surface area (Å²) in [5, 5.41) is 10.9. The molecule has 6 atom stereocenters. The monoisotopic (exact) mass is 492 g/mol. The zero-order valence-corrected chi connectivity index (χ0v) is 19.9. The number of hydrogen-bond donors (Lipinski definition) is 1. The lowest BCUT2D eigenvalue weighted by molar-refractivity contribution is -0.361. The van der Waals surface area contributed by atoms with Gasteiger partial charge in [0, 0.05) is 23.7 Å². The van der Waals surface area contributed by atoms with Gasteiger partial charge in [0.15, 0.2) is 5.79 Å². The van der Waals surface area contributed by atoms with Gasteiger partial charge < -0.3 is 19.3 Å². The molecule has 3 saturated carbocycles. The van der Waals surface area contributed by atoms with Crippen LogP contribution in [-0.4, -0.2) is 53.0 Å². The summed E-state index contributed by atoms with van der Waals surface area (Å²) in [7, 11) is 0. The maximum absolute atomic E-state index is 14.6. The molecule has 9 heteroatoms. The number of alkyl halides is 5.